The fourth-order valence-corrected chi connectivity index (χ4v) is 2.13. The first kappa shape index (κ1) is 10.5. The van der Waals surface area contributed by atoms with Crippen LogP contribution in [0.1, 0.15) is 20.3 Å². The van der Waals surface area contributed by atoms with Gasteiger partial charge in [-0.3, -0.25) is 0 Å². The van der Waals surface area contributed by atoms with Gasteiger partial charge in [0.05, 0.1) is 5.92 Å². The zero-order valence-electron chi connectivity index (χ0n) is 6.67. The molecular formula is C7H9Cl2F3. The van der Waals surface area contributed by atoms with Gasteiger partial charge < -0.3 is 0 Å². The van der Waals surface area contributed by atoms with Gasteiger partial charge in [-0.25, -0.2) is 0 Å². The highest BCUT2D eigenvalue weighted by Crippen LogP contribution is 2.69. The van der Waals surface area contributed by atoms with E-state index < -0.39 is 21.8 Å². The average Bonchev–Trinajstić information content (AvgIpc) is 2.30. The smallest absolute Gasteiger partial charge is 0.171 e. The van der Waals surface area contributed by atoms with Gasteiger partial charge in [0.2, 0.25) is 0 Å². The van der Waals surface area contributed by atoms with Crippen LogP contribution in [0.15, 0.2) is 0 Å². The molecule has 0 aromatic rings. The summed E-state index contributed by atoms with van der Waals surface area (Å²) in [6, 6.07) is 0. The summed E-state index contributed by atoms with van der Waals surface area (Å²) in [7, 11) is 0. The molecule has 0 nitrogen and oxygen atoms in total. The number of hydrogen-bond donors (Lipinski definition) is 0. The average molecular weight is 221 g/mol. The second-order valence-electron chi connectivity index (χ2n) is 3.56. The van der Waals surface area contributed by atoms with E-state index in [9.17, 15) is 13.2 Å². The molecule has 12 heavy (non-hydrogen) atoms. The zero-order chi connectivity index (χ0) is 9.78. The second-order valence-corrected chi connectivity index (χ2v) is 5.05. The van der Waals surface area contributed by atoms with Crippen molar-refractivity contribution in [3.8, 4) is 0 Å². The molecule has 0 N–H and O–H groups in total. The van der Waals surface area contributed by atoms with Crippen LogP contribution in [-0.2, 0) is 0 Å². The van der Waals surface area contributed by atoms with E-state index in [1.807, 2.05) is 0 Å². The predicted octanol–water partition coefficient (Wildman–Crippen LogP) is 3.77. The lowest BCUT2D eigenvalue weighted by molar-refractivity contribution is -0.186. The third kappa shape index (κ3) is 1.41. The van der Waals surface area contributed by atoms with Gasteiger partial charge in [-0.2, -0.15) is 13.2 Å². The van der Waals surface area contributed by atoms with Gasteiger partial charge in [-0.1, -0.05) is 13.8 Å². The Labute approximate surface area is 79.0 Å². The summed E-state index contributed by atoms with van der Waals surface area (Å²) in [5, 5.41) is 0. The highest BCUT2D eigenvalue weighted by Gasteiger charge is 2.70. The van der Waals surface area contributed by atoms with Crippen molar-refractivity contribution in [2.45, 2.75) is 30.8 Å². The van der Waals surface area contributed by atoms with Crippen LogP contribution in [0.3, 0.4) is 0 Å². The third-order valence-corrected chi connectivity index (χ3v) is 3.88. The van der Waals surface area contributed by atoms with E-state index in [2.05, 4.69) is 0 Å². The van der Waals surface area contributed by atoms with Crippen molar-refractivity contribution < 1.29 is 13.2 Å². The Morgan fingerprint density at radius 1 is 1.33 bits per heavy atom. The summed E-state index contributed by atoms with van der Waals surface area (Å²) in [5.41, 5.74) is -1.01. The minimum atomic E-state index is -4.21. The summed E-state index contributed by atoms with van der Waals surface area (Å²) in [6.07, 6.45) is -4.00. The quantitative estimate of drug-likeness (QED) is 0.591. The van der Waals surface area contributed by atoms with Gasteiger partial charge >= 0.3 is 6.18 Å². The van der Waals surface area contributed by atoms with Crippen molar-refractivity contribution in [1.29, 1.82) is 0 Å². The number of rotatable bonds is 1. The molecule has 1 fully saturated rings. The Kier molecular flexibility index (Phi) is 2.13. The molecule has 72 valence electrons. The lowest BCUT2D eigenvalue weighted by Gasteiger charge is -2.23. The zero-order valence-corrected chi connectivity index (χ0v) is 8.19. The molecule has 0 saturated heterocycles. The van der Waals surface area contributed by atoms with Gasteiger partial charge in [0, 0.05) is 5.41 Å². The van der Waals surface area contributed by atoms with Crippen LogP contribution in [0.4, 0.5) is 13.2 Å². The molecule has 2 atom stereocenters. The van der Waals surface area contributed by atoms with Crippen molar-refractivity contribution in [2.75, 3.05) is 0 Å². The summed E-state index contributed by atoms with van der Waals surface area (Å²) in [5.74, 6) is -1.44. The van der Waals surface area contributed by atoms with E-state index in [0.717, 1.165) is 6.92 Å². The van der Waals surface area contributed by atoms with Crippen LogP contribution in [-0.4, -0.2) is 10.5 Å². The Morgan fingerprint density at radius 3 is 1.75 bits per heavy atom. The van der Waals surface area contributed by atoms with Crippen molar-refractivity contribution in [3.05, 3.63) is 0 Å². The van der Waals surface area contributed by atoms with Gasteiger partial charge in [-0.05, 0) is 6.42 Å². The molecule has 0 radical (unpaired) electrons. The van der Waals surface area contributed by atoms with E-state index in [1.165, 1.54) is 6.92 Å². The molecule has 2 unspecified atom stereocenters. The molecule has 1 aliphatic carbocycles. The molecule has 1 rings (SSSR count). The number of alkyl halides is 5. The Balaban J connectivity index is 2.75. The monoisotopic (exact) mass is 220 g/mol. The maximum absolute atomic E-state index is 12.2. The highest BCUT2D eigenvalue weighted by molar-refractivity contribution is 6.51. The second kappa shape index (κ2) is 2.44. The summed E-state index contributed by atoms with van der Waals surface area (Å²) >= 11 is 11.2. The van der Waals surface area contributed by atoms with Crippen LogP contribution in [0.25, 0.3) is 0 Å². The molecule has 1 saturated carbocycles. The van der Waals surface area contributed by atoms with Crippen molar-refractivity contribution >= 4 is 23.2 Å². The van der Waals surface area contributed by atoms with Crippen LogP contribution in [0.2, 0.25) is 0 Å². The first-order valence-corrected chi connectivity index (χ1v) is 4.31. The van der Waals surface area contributed by atoms with Crippen molar-refractivity contribution in [3.63, 3.8) is 0 Å². The molecule has 1 aliphatic rings. The summed E-state index contributed by atoms with van der Waals surface area (Å²) in [4.78, 5) is 0. The van der Waals surface area contributed by atoms with E-state index >= 15 is 0 Å². The lowest BCUT2D eigenvalue weighted by atomic mass is 9.92. The minimum absolute atomic E-state index is 0.212. The molecule has 0 aromatic heterocycles. The highest BCUT2D eigenvalue weighted by atomic mass is 35.5. The first-order chi connectivity index (χ1) is 5.11. The molecule has 0 bridgehead atoms. The third-order valence-electron chi connectivity index (χ3n) is 2.75. The fraction of sp³-hybridized carbons (Fsp3) is 1.00. The standard InChI is InChI=1S/C7H9Cl2F3/c1-4(7(10,11)12)5(2)3-6(5,8)9/h4H,3H2,1-2H3. The Morgan fingerprint density at radius 2 is 1.67 bits per heavy atom. The summed E-state index contributed by atoms with van der Waals surface area (Å²) in [6.45, 7) is 2.58. The largest absolute Gasteiger partial charge is 0.392 e. The topological polar surface area (TPSA) is 0 Å². The lowest BCUT2D eigenvalue weighted by Crippen LogP contribution is -2.30. The van der Waals surface area contributed by atoms with Crippen LogP contribution >= 0.6 is 23.2 Å². The Hall–Kier alpha value is 0.370. The van der Waals surface area contributed by atoms with E-state index in [0.29, 0.717) is 0 Å². The van der Waals surface area contributed by atoms with Gasteiger partial charge in [-0.15, -0.1) is 23.2 Å². The molecule has 0 amide bonds. The number of hydrogen-bond acceptors (Lipinski definition) is 0. The Bertz CT molecular complexity index is 199. The molecule has 0 spiro atoms. The van der Waals surface area contributed by atoms with Crippen LogP contribution in [0.5, 0.6) is 0 Å². The van der Waals surface area contributed by atoms with Crippen molar-refractivity contribution in [1.82, 2.24) is 0 Å². The van der Waals surface area contributed by atoms with Crippen LogP contribution in [0, 0.1) is 11.3 Å². The van der Waals surface area contributed by atoms with Crippen molar-refractivity contribution in [2.24, 2.45) is 11.3 Å². The SMILES string of the molecule is CC(C(F)(F)F)C1(C)CC1(Cl)Cl. The van der Waals surface area contributed by atoms with E-state index in [-0.39, 0.29) is 6.42 Å². The molecule has 0 aliphatic heterocycles. The molecule has 0 aromatic carbocycles. The van der Waals surface area contributed by atoms with E-state index in [4.69, 9.17) is 23.2 Å². The molecule has 0 heterocycles. The van der Waals surface area contributed by atoms with Gasteiger partial charge in [0.15, 0.2) is 0 Å². The predicted molar refractivity (Wildman–Crippen MR) is 42.4 cm³/mol. The normalized spacial score (nSPS) is 36.2. The van der Waals surface area contributed by atoms with Gasteiger partial charge in [0.25, 0.3) is 0 Å². The first-order valence-electron chi connectivity index (χ1n) is 3.56. The maximum atomic E-state index is 12.2. The fourth-order valence-electron chi connectivity index (χ4n) is 1.25. The van der Waals surface area contributed by atoms with E-state index in [1.54, 1.807) is 0 Å². The van der Waals surface area contributed by atoms with Gasteiger partial charge in [0.1, 0.15) is 4.33 Å². The summed E-state index contributed by atoms with van der Waals surface area (Å²) < 4.78 is 35.4. The maximum Gasteiger partial charge on any atom is 0.392 e. The molecular weight excluding hydrogens is 212 g/mol. The number of halogens is 5. The minimum Gasteiger partial charge on any atom is -0.171 e. The molecule has 5 heteroatoms. The van der Waals surface area contributed by atoms with Crippen LogP contribution < -0.4 is 0 Å².